The summed E-state index contributed by atoms with van der Waals surface area (Å²) in [5.74, 6) is 0. The third-order valence-corrected chi connectivity index (χ3v) is 2.87. The van der Waals surface area contributed by atoms with Crippen molar-refractivity contribution in [2.45, 2.75) is 6.42 Å². The van der Waals surface area contributed by atoms with E-state index in [1.165, 1.54) is 4.57 Å². The highest BCUT2D eigenvalue weighted by Crippen LogP contribution is 2.28. The molecule has 0 spiro atoms. The van der Waals surface area contributed by atoms with Gasteiger partial charge in [-0.15, -0.1) is 0 Å². The summed E-state index contributed by atoms with van der Waals surface area (Å²) in [5.41, 5.74) is 1.47. The molecule has 5 heteroatoms. The fraction of sp³-hybridized carbons (Fsp3) is 0.167. The third-order valence-electron chi connectivity index (χ3n) is 2.56. The van der Waals surface area contributed by atoms with Gasteiger partial charge in [0.2, 0.25) is 0 Å². The SMILES string of the molecule is CNC(=O)n1cc(CC#N)c2c(Cl)cccc21. The average molecular weight is 248 g/mol. The minimum atomic E-state index is -0.249. The Kier molecular flexibility index (Phi) is 3.03. The summed E-state index contributed by atoms with van der Waals surface area (Å²) in [6.45, 7) is 0. The van der Waals surface area contributed by atoms with Gasteiger partial charge in [-0.3, -0.25) is 4.57 Å². The van der Waals surface area contributed by atoms with Crippen molar-refractivity contribution in [3.05, 3.63) is 35.0 Å². The van der Waals surface area contributed by atoms with Gasteiger partial charge in [-0.05, 0) is 17.7 Å². The van der Waals surface area contributed by atoms with E-state index in [0.717, 1.165) is 10.9 Å². The second-order valence-electron chi connectivity index (χ2n) is 3.55. The first kappa shape index (κ1) is 11.5. The summed E-state index contributed by atoms with van der Waals surface area (Å²) >= 11 is 6.10. The molecular formula is C12H10ClN3O. The molecule has 0 saturated heterocycles. The highest BCUT2D eigenvalue weighted by atomic mass is 35.5. The topological polar surface area (TPSA) is 57.8 Å². The number of rotatable bonds is 1. The molecule has 2 rings (SSSR count). The number of nitrogens with zero attached hydrogens (tertiary/aromatic N) is 2. The Labute approximate surface area is 103 Å². The van der Waals surface area contributed by atoms with Gasteiger partial charge in [-0.25, -0.2) is 4.79 Å². The molecule has 2 aromatic rings. The van der Waals surface area contributed by atoms with Crippen molar-refractivity contribution in [1.82, 2.24) is 9.88 Å². The molecule has 0 radical (unpaired) electrons. The summed E-state index contributed by atoms with van der Waals surface area (Å²) in [4.78, 5) is 11.7. The van der Waals surface area contributed by atoms with Gasteiger partial charge in [0.15, 0.2) is 0 Å². The highest BCUT2D eigenvalue weighted by Gasteiger charge is 2.14. The van der Waals surface area contributed by atoms with Crippen LogP contribution in [0, 0.1) is 11.3 Å². The van der Waals surface area contributed by atoms with E-state index in [4.69, 9.17) is 16.9 Å². The van der Waals surface area contributed by atoms with E-state index in [1.54, 1.807) is 31.4 Å². The van der Waals surface area contributed by atoms with Gasteiger partial charge in [0, 0.05) is 18.6 Å². The largest absolute Gasteiger partial charge is 0.340 e. The molecule has 0 fully saturated rings. The summed E-state index contributed by atoms with van der Waals surface area (Å²) in [5, 5.41) is 12.6. The lowest BCUT2D eigenvalue weighted by molar-refractivity contribution is 0.245. The fourth-order valence-corrected chi connectivity index (χ4v) is 2.12. The van der Waals surface area contributed by atoms with E-state index in [9.17, 15) is 4.79 Å². The van der Waals surface area contributed by atoms with Crippen molar-refractivity contribution in [2.75, 3.05) is 7.05 Å². The first-order chi connectivity index (χ1) is 8.19. The van der Waals surface area contributed by atoms with Gasteiger partial charge in [-0.1, -0.05) is 17.7 Å². The highest BCUT2D eigenvalue weighted by molar-refractivity contribution is 6.35. The van der Waals surface area contributed by atoms with Crippen LogP contribution < -0.4 is 5.32 Å². The summed E-state index contributed by atoms with van der Waals surface area (Å²) < 4.78 is 1.47. The number of fused-ring (bicyclic) bond motifs is 1. The second kappa shape index (κ2) is 4.48. The zero-order chi connectivity index (χ0) is 12.4. The number of hydrogen-bond donors (Lipinski definition) is 1. The van der Waals surface area contributed by atoms with Gasteiger partial charge in [0.25, 0.3) is 0 Å². The average Bonchev–Trinajstić information content (AvgIpc) is 2.69. The van der Waals surface area contributed by atoms with Crippen LogP contribution in [-0.4, -0.2) is 17.6 Å². The molecule has 0 saturated carbocycles. The van der Waals surface area contributed by atoms with Crippen LogP contribution >= 0.6 is 11.6 Å². The number of nitriles is 1. The van der Waals surface area contributed by atoms with Gasteiger partial charge in [0.1, 0.15) is 0 Å². The van der Waals surface area contributed by atoms with Crippen LogP contribution in [0.1, 0.15) is 5.56 Å². The minimum absolute atomic E-state index is 0.226. The first-order valence-corrected chi connectivity index (χ1v) is 5.44. The summed E-state index contributed by atoms with van der Waals surface area (Å²) in [7, 11) is 1.56. The summed E-state index contributed by atoms with van der Waals surface area (Å²) in [6.07, 6.45) is 1.88. The van der Waals surface area contributed by atoms with Crippen molar-refractivity contribution < 1.29 is 4.79 Å². The predicted molar refractivity (Wildman–Crippen MR) is 66.1 cm³/mol. The van der Waals surface area contributed by atoms with E-state index < -0.39 is 0 Å². The van der Waals surface area contributed by atoms with Gasteiger partial charge < -0.3 is 5.32 Å². The normalized spacial score (nSPS) is 10.2. The zero-order valence-electron chi connectivity index (χ0n) is 9.20. The molecule has 0 atom stereocenters. The van der Waals surface area contributed by atoms with Crippen LogP contribution in [0.5, 0.6) is 0 Å². The summed E-state index contributed by atoms with van der Waals surface area (Å²) in [6, 6.07) is 7.15. The molecule has 0 aliphatic heterocycles. The van der Waals surface area contributed by atoms with E-state index >= 15 is 0 Å². The predicted octanol–water partition coefficient (Wildman–Crippen LogP) is 2.55. The molecule has 1 amide bonds. The number of aromatic nitrogens is 1. The number of hydrogen-bond acceptors (Lipinski definition) is 2. The maximum absolute atomic E-state index is 11.7. The van der Waals surface area contributed by atoms with Crippen LogP contribution in [0.15, 0.2) is 24.4 Å². The quantitative estimate of drug-likeness (QED) is 0.842. The van der Waals surface area contributed by atoms with Crippen LogP contribution in [0.2, 0.25) is 5.02 Å². The number of carbonyl (C=O) groups is 1. The number of benzene rings is 1. The first-order valence-electron chi connectivity index (χ1n) is 5.06. The number of amides is 1. The molecule has 1 aromatic carbocycles. The Morgan fingerprint density at radius 3 is 3.00 bits per heavy atom. The molecular weight excluding hydrogens is 238 g/mol. The Bertz CT molecular complexity index is 624. The fourth-order valence-electron chi connectivity index (χ4n) is 1.83. The smallest absolute Gasteiger partial charge is 0.325 e. The number of carbonyl (C=O) groups excluding carboxylic acids is 1. The Balaban J connectivity index is 2.76. The van der Waals surface area contributed by atoms with E-state index in [-0.39, 0.29) is 12.5 Å². The molecule has 1 aromatic heterocycles. The minimum Gasteiger partial charge on any atom is -0.340 e. The van der Waals surface area contributed by atoms with E-state index in [1.807, 2.05) is 0 Å². The molecule has 0 unspecified atom stereocenters. The zero-order valence-corrected chi connectivity index (χ0v) is 9.95. The van der Waals surface area contributed by atoms with Crippen molar-refractivity contribution in [3.8, 4) is 6.07 Å². The maximum Gasteiger partial charge on any atom is 0.325 e. The maximum atomic E-state index is 11.7. The number of nitrogens with one attached hydrogen (secondary N) is 1. The second-order valence-corrected chi connectivity index (χ2v) is 3.96. The lowest BCUT2D eigenvalue weighted by Crippen LogP contribution is -2.23. The lowest BCUT2D eigenvalue weighted by atomic mass is 10.1. The van der Waals surface area contributed by atoms with E-state index in [2.05, 4.69) is 11.4 Å². The Hall–Kier alpha value is -1.99. The van der Waals surface area contributed by atoms with Crippen LogP contribution in [0.3, 0.4) is 0 Å². The van der Waals surface area contributed by atoms with Crippen molar-refractivity contribution in [2.24, 2.45) is 0 Å². The molecule has 0 aliphatic rings. The van der Waals surface area contributed by atoms with Crippen molar-refractivity contribution in [1.29, 1.82) is 5.26 Å². The van der Waals surface area contributed by atoms with Crippen molar-refractivity contribution >= 4 is 28.5 Å². The Morgan fingerprint density at radius 2 is 2.35 bits per heavy atom. The molecule has 4 nitrogen and oxygen atoms in total. The molecule has 0 aliphatic carbocycles. The standard InChI is InChI=1S/C12H10ClN3O/c1-15-12(17)16-7-8(5-6-14)11-9(13)3-2-4-10(11)16/h2-4,7H,5H2,1H3,(H,15,17). The molecule has 1 N–H and O–H groups in total. The molecule has 0 bridgehead atoms. The molecule has 17 heavy (non-hydrogen) atoms. The Morgan fingerprint density at radius 1 is 1.59 bits per heavy atom. The van der Waals surface area contributed by atoms with Crippen LogP contribution in [0.25, 0.3) is 10.9 Å². The molecule has 1 heterocycles. The van der Waals surface area contributed by atoms with Crippen molar-refractivity contribution in [3.63, 3.8) is 0 Å². The van der Waals surface area contributed by atoms with E-state index in [0.29, 0.717) is 10.5 Å². The number of halogens is 1. The van der Waals surface area contributed by atoms with Crippen LogP contribution in [0.4, 0.5) is 4.79 Å². The monoisotopic (exact) mass is 247 g/mol. The third kappa shape index (κ3) is 1.85. The van der Waals surface area contributed by atoms with Gasteiger partial charge >= 0.3 is 6.03 Å². The lowest BCUT2D eigenvalue weighted by Gasteiger charge is -2.02. The van der Waals surface area contributed by atoms with Gasteiger partial charge in [0.05, 0.1) is 23.0 Å². The van der Waals surface area contributed by atoms with Gasteiger partial charge in [-0.2, -0.15) is 5.26 Å². The molecule has 86 valence electrons. The van der Waals surface area contributed by atoms with Crippen LogP contribution in [-0.2, 0) is 6.42 Å².